The van der Waals surface area contributed by atoms with E-state index in [0.717, 1.165) is 56.8 Å². The zero-order valence-corrected chi connectivity index (χ0v) is 21.4. The summed E-state index contributed by atoms with van der Waals surface area (Å²) in [5.41, 5.74) is 6.00. The highest BCUT2D eigenvalue weighted by atomic mass is 16.5. The minimum absolute atomic E-state index is 0.121. The number of ether oxygens (including phenoxy) is 2. The molecule has 0 saturated heterocycles. The lowest BCUT2D eigenvalue weighted by Crippen LogP contribution is -2.21. The van der Waals surface area contributed by atoms with Crippen molar-refractivity contribution in [3.05, 3.63) is 59.9 Å². The number of nitrogens with zero attached hydrogens (tertiary/aromatic N) is 6. The Bertz CT molecular complexity index is 1500. The van der Waals surface area contributed by atoms with Crippen molar-refractivity contribution < 1.29 is 14.0 Å². The monoisotopic (exact) mass is 486 g/mol. The van der Waals surface area contributed by atoms with Crippen LogP contribution < -0.4 is 9.47 Å². The highest BCUT2D eigenvalue weighted by Crippen LogP contribution is 2.40. The van der Waals surface area contributed by atoms with Gasteiger partial charge in [0.05, 0.1) is 47.3 Å². The zero-order valence-electron chi connectivity index (χ0n) is 21.4. The van der Waals surface area contributed by atoms with Gasteiger partial charge in [-0.3, -0.25) is 14.5 Å². The number of hydrogen-bond donors (Lipinski definition) is 0. The first-order valence-corrected chi connectivity index (χ1v) is 11.9. The van der Waals surface area contributed by atoms with Crippen LogP contribution in [0.15, 0.2) is 47.2 Å². The Kier molecular flexibility index (Phi) is 6.32. The standard InChI is InChI=1S/C27H30N6O3/c1-16-25(18(3)36-31-16)20-13-22-19(14-24(20)34-6)26-23(15-29-22)30-27(35-12-11-32(4)5)33(26)17(2)21-9-7-8-10-28-21/h7-10,13-15,17H,11-12H2,1-6H3/t17-/m1/s1. The number of aromatic nitrogens is 5. The van der Waals surface area contributed by atoms with Crippen LogP contribution in [0.1, 0.15) is 30.1 Å². The van der Waals surface area contributed by atoms with Crippen LogP contribution in [0.3, 0.4) is 0 Å². The summed E-state index contributed by atoms with van der Waals surface area (Å²) >= 11 is 0. The van der Waals surface area contributed by atoms with Gasteiger partial charge in [0.1, 0.15) is 23.6 Å². The van der Waals surface area contributed by atoms with Crippen molar-refractivity contribution in [1.82, 2.24) is 29.6 Å². The molecular formula is C27H30N6O3. The molecule has 0 amide bonds. The minimum atomic E-state index is -0.121. The van der Waals surface area contributed by atoms with Crippen LogP contribution in [-0.2, 0) is 0 Å². The molecule has 0 unspecified atom stereocenters. The molecule has 1 aromatic carbocycles. The van der Waals surface area contributed by atoms with E-state index in [4.69, 9.17) is 24.0 Å². The number of imidazole rings is 1. The highest BCUT2D eigenvalue weighted by Gasteiger charge is 2.24. The third-order valence-electron chi connectivity index (χ3n) is 6.38. The number of rotatable bonds is 8. The largest absolute Gasteiger partial charge is 0.496 e. The van der Waals surface area contributed by atoms with Crippen LogP contribution in [0.5, 0.6) is 11.8 Å². The predicted molar refractivity (Wildman–Crippen MR) is 139 cm³/mol. The van der Waals surface area contributed by atoms with E-state index in [-0.39, 0.29) is 6.04 Å². The van der Waals surface area contributed by atoms with Gasteiger partial charge in [-0.15, -0.1) is 0 Å². The van der Waals surface area contributed by atoms with E-state index in [1.807, 2.05) is 58.3 Å². The fraction of sp³-hybridized carbons (Fsp3) is 0.333. The lowest BCUT2D eigenvalue weighted by atomic mass is 10.0. The molecule has 9 nitrogen and oxygen atoms in total. The maximum Gasteiger partial charge on any atom is 0.298 e. The van der Waals surface area contributed by atoms with E-state index in [1.165, 1.54) is 0 Å². The molecule has 0 N–H and O–H groups in total. The van der Waals surface area contributed by atoms with Gasteiger partial charge >= 0.3 is 0 Å². The lowest BCUT2D eigenvalue weighted by molar-refractivity contribution is 0.235. The normalized spacial score (nSPS) is 12.5. The molecule has 0 aliphatic carbocycles. The molecule has 36 heavy (non-hydrogen) atoms. The Hall–Kier alpha value is -3.98. The van der Waals surface area contributed by atoms with Crippen molar-refractivity contribution in [2.24, 2.45) is 0 Å². The fourth-order valence-electron chi connectivity index (χ4n) is 4.55. The average Bonchev–Trinajstić information content (AvgIpc) is 3.42. The average molecular weight is 487 g/mol. The second-order valence-electron chi connectivity index (χ2n) is 9.11. The zero-order chi connectivity index (χ0) is 25.4. The van der Waals surface area contributed by atoms with E-state index in [0.29, 0.717) is 18.4 Å². The molecule has 0 aliphatic heterocycles. The van der Waals surface area contributed by atoms with Gasteiger partial charge in [-0.2, -0.15) is 4.98 Å². The van der Waals surface area contributed by atoms with Gasteiger partial charge in [-0.05, 0) is 59.1 Å². The molecule has 0 radical (unpaired) electrons. The number of fused-ring (bicyclic) bond motifs is 3. The number of pyridine rings is 2. The quantitative estimate of drug-likeness (QED) is 0.309. The number of aryl methyl sites for hydroxylation is 2. The van der Waals surface area contributed by atoms with Crippen molar-refractivity contribution in [3.63, 3.8) is 0 Å². The van der Waals surface area contributed by atoms with Crippen molar-refractivity contribution in [3.8, 4) is 22.9 Å². The van der Waals surface area contributed by atoms with Crippen molar-refractivity contribution >= 4 is 21.9 Å². The topological polar surface area (TPSA) is 91.3 Å². The number of hydrogen-bond acceptors (Lipinski definition) is 8. The molecule has 1 atom stereocenters. The maximum absolute atomic E-state index is 6.20. The third kappa shape index (κ3) is 4.15. The first-order chi connectivity index (χ1) is 17.4. The summed E-state index contributed by atoms with van der Waals surface area (Å²) in [6, 6.07) is 10.4. The van der Waals surface area contributed by atoms with Gasteiger partial charge in [0.2, 0.25) is 0 Å². The molecule has 186 valence electrons. The van der Waals surface area contributed by atoms with Gasteiger partial charge in [0.15, 0.2) is 0 Å². The second-order valence-corrected chi connectivity index (χ2v) is 9.11. The van der Waals surface area contributed by atoms with Crippen LogP contribution in [0.2, 0.25) is 0 Å². The first-order valence-electron chi connectivity index (χ1n) is 11.9. The molecule has 0 bridgehead atoms. The molecule has 5 rings (SSSR count). The number of methoxy groups -OCH3 is 1. The van der Waals surface area contributed by atoms with E-state index in [1.54, 1.807) is 19.5 Å². The van der Waals surface area contributed by atoms with Crippen LogP contribution in [0, 0.1) is 13.8 Å². The van der Waals surface area contributed by atoms with E-state index < -0.39 is 0 Å². The third-order valence-corrected chi connectivity index (χ3v) is 6.38. The van der Waals surface area contributed by atoms with Gasteiger partial charge < -0.3 is 18.9 Å². The van der Waals surface area contributed by atoms with E-state index in [2.05, 4.69) is 26.5 Å². The number of likely N-dealkylation sites (N-methyl/N-ethyl adjacent to an activating group) is 1. The Morgan fingerprint density at radius 3 is 2.61 bits per heavy atom. The summed E-state index contributed by atoms with van der Waals surface area (Å²) in [4.78, 5) is 16.3. The molecule has 0 spiro atoms. The van der Waals surface area contributed by atoms with E-state index in [9.17, 15) is 0 Å². The molecule has 0 aliphatic rings. The van der Waals surface area contributed by atoms with Gasteiger partial charge in [-0.25, -0.2) is 0 Å². The molecular weight excluding hydrogens is 456 g/mol. The Morgan fingerprint density at radius 2 is 1.94 bits per heavy atom. The summed E-state index contributed by atoms with van der Waals surface area (Å²) in [5.74, 6) is 1.44. The summed E-state index contributed by atoms with van der Waals surface area (Å²) in [7, 11) is 5.70. The maximum atomic E-state index is 6.20. The highest BCUT2D eigenvalue weighted by molar-refractivity contribution is 6.05. The molecule has 9 heteroatoms. The molecule has 4 aromatic heterocycles. The Labute approximate surface area is 209 Å². The summed E-state index contributed by atoms with van der Waals surface area (Å²) in [5, 5.41) is 5.04. The Morgan fingerprint density at radius 1 is 1.11 bits per heavy atom. The summed E-state index contributed by atoms with van der Waals surface area (Å²) in [6.45, 7) is 7.21. The minimum Gasteiger partial charge on any atom is -0.496 e. The molecule has 0 saturated carbocycles. The van der Waals surface area contributed by atoms with Crippen LogP contribution in [0.25, 0.3) is 33.1 Å². The van der Waals surface area contributed by atoms with Gasteiger partial charge in [0.25, 0.3) is 6.01 Å². The summed E-state index contributed by atoms with van der Waals surface area (Å²) < 4.78 is 19.6. The van der Waals surface area contributed by atoms with Gasteiger partial charge in [0, 0.05) is 23.7 Å². The van der Waals surface area contributed by atoms with Crippen molar-refractivity contribution in [2.45, 2.75) is 26.8 Å². The fourth-order valence-corrected chi connectivity index (χ4v) is 4.55. The van der Waals surface area contributed by atoms with Crippen LogP contribution >= 0.6 is 0 Å². The Balaban J connectivity index is 1.75. The van der Waals surface area contributed by atoms with Gasteiger partial charge in [-0.1, -0.05) is 11.2 Å². The smallest absolute Gasteiger partial charge is 0.298 e. The second kappa shape index (κ2) is 9.58. The first kappa shape index (κ1) is 23.7. The SMILES string of the molecule is COc1cc2c(cc1-c1c(C)noc1C)ncc1nc(OCCN(C)C)n([C@H](C)c3ccccn3)c12. The predicted octanol–water partition coefficient (Wildman–Crippen LogP) is 4.81. The number of benzene rings is 1. The van der Waals surface area contributed by atoms with Crippen molar-refractivity contribution in [2.75, 3.05) is 34.4 Å². The van der Waals surface area contributed by atoms with Crippen LogP contribution in [-0.4, -0.2) is 63.9 Å². The molecule has 4 heterocycles. The molecule has 5 aromatic rings. The van der Waals surface area contributed by atoms with E-state index >= 15 is 0 Å². The summed E-state index contributed by atoms with van der Waals surface area (Å²) in [6.07, 6.45) is 3.60. The molecule has 0 fully saturated rings. The van der Waals surface area contributed by atoms with Crippen molar-refractivity contribution in [1.29, 1.82) is 0 Å². The lowest BCUT2D eigenvalue weighted by Gasteiger charge is -2.19. The van der Waals surface area contributed by atoms with Crippen LogP contribution in [0.4, 0.5) is 0 Å².